The monoisotopic (exact) mass is 266 g/mol. The fraction of sp³-hybridized carbons (Fsp3) is 0.562. The van der Waals surface area contributed by atoms with Crippen molar-refractivity contribution in [1.82, 2.24) is 0 Å². The van der Waals surface area contributed by atoms with Crippen molar-refractivity contribution in [3.63, 3.8) is 0 Å². The molecule has 0 saturated heterocycles. The third-order valence-electron chi connectivity index (χ3n) is 3.18. The summed E-state index contributed by atoms with van der Waals surface area (Å²) >= 11 is 0. The van der Waals surface area contributed by atoms with Crippen molar-refractivity contribution in [2.45, 2.75) is 59.0 Å². The van der Waals surface area contributed by atoms with Crippen LogP contribution < -0.4 is 0 Å². The van der Waals surface area contributed by atoms with E-state index in [1.165, 1.54) is 37.5 Å². The highest BCUT2D eigenvalue weighted by Crippen LogP contribution is 2.14. The number of hydrogen-bond acceptors (Lipinski definition) is 2. The van der Waals surface area contributed by atoms with E-state index < -0.39 is 0 Å². The van der Waals surface area contributed by atoms with Crippen LogP contribution in [0, 0.1) is 12.7 Å². The van der Waals surface area contributed by atoms with E-state index in [-0.39, 0.29) is 17.9 Å². The summed E-state index contributed by atoms with van der Waals surface area (Å²) in [5.74, 6) is -0.692. The van der Waals surface area contributed by atoms with E-state index in [4.69, 9.17) is 4.74 Å². The van der Waals surface area contributed by atoms with Crippen molar-refractivity contribution >= 4 is 5.97 Å². The molecule has 0 heterocycles. The third kappa shape index (κ3) is 5.41. The lowest BCUT2D eigenvalue weighted by atomic mass is 10.1. The van der Waals surface area contributed by atoms with Gasteiger partial charge in [0.1, 0.15) is 5.82 Å². The van der Waals surface area contributed by atoms with Gasteiger partial charge in [0, 0.05) is 0 Å². The smallest absolute Gasteiger partial charge is 0.338 e. The molecule has 0 saturated carbocycles. The van der Waals surface area contributed by atoms with Crippen LogP contribution in [0.1, 0.15) is 61.9 Å². The molecule has 106 valence electrons. The maximum Gasteiger partial charge on any atom is 0.338 e. The van der Waals surface area contributed by atoms with Crippen LogP contribution in [0.2, 0.25) is 0 Å². The summed E-state index contributed by atoms with van der Waals surface area (Å²) in [6.07, 6.45) is 5.46. The largest absolute Gasteiger partial charge is 0.459 e. The molecule has 0 radical (unpaired) electrons. The molecular weight excluding hydrogens is 243 g/mol. The van der Waals surface area contributed by atoms with Crippen molar-refractivity contribution in [2.75, 3.05) is 0 Å². The summed E-state index contributed by atoms with van der Waals surface area (Å²) < 4.78 is 18.3. The summed E-state index contributed by atoms with van der Waals surface area (Å²) in [5, 5.41) is 0. The quantitative estimate of drug-likeness (QED) is 0.530. The summed E-state index contributed by atoms with van der Waals surface area (Å²) in [6, 6.07) is 4.12. The minimum Gasteiger partial charge on any atom is -0.459 e. The Morgan fingerprint density at radius 2 is 2.05 bits per heavy atom. The van der Waals surface area contributed by atoms with Gasteiger partial charge in [0.2, 0.25) is 0 Å². The average molecular weight is 266 g/mol. The molecule has 0 aliphatic carbocycles. The lowest BCUT2D eigenvalue weighted by Gasteiger charge is -2.14. The normalized spacial score (nSPS) is 12.2. The number of esters is 1. The van der Waals surface area contributed by atoms with Crippen LogP contribution >= 0.6 is 0 Å². The molecule has 19 heavy (non-hydrogen) atoms. The first-order valence-corrected chi connectivity index (χ1v) is 7.01. The first-order chi connectivity index (χ1) is 9.04. The molecular formula is C16H23FO2. The average Bonchev–Trinajstić information content (AvgIpc) is 2.34. The number of rotatable bonds is 7. The van der Waals surface area contributed by atoms with Crippen LogP contribution in [-0.4, -0.2) is 12.1 Å². The third-order valence-corrected chi connectivity index (χ3v) is 3.18. The molecule has 0 bridgehead atoms. The van der Waals surface area contributed by atoms with E-state index in [0.29, 0.717) is 11.1 Å². The number of halogens is 1. The summed E-state index contributed by atoms with van der Waals surface area (Å²) in [4.78, 5) is 11.9. The Kier molecular flexibility index (Phi) is 6.54. The van der Waals surface area contributed by atoms with E-state index in [9.17, 15) is 9.18 Å². The lowest BCUT2D eigenvalue weighted by Crippen LogP contribution is -2.16. The maximum atomic E-state index is 13.0. The number of hydrogen-bond donors (Lipinski definition) is 0. The number of carbonyl (C=O) groups excluding carboxylic acids is 1. The number of unbranched alkanes of at least 4 members (excludes halogenated alkanes) is 3. The van der Waals surface area contributed by atoms with Gasteiger partial charge in [0.05, 0.1) is 11.7 Å². The zero-order chi connectivity index (χ0) is 14.3. The molecule has 1 rings (SSSR count). The standard InChI is InChI=1S/C16H23FO2/c1-4-5-6-7-8-13(3)19-16(18)15-10-9-14(17)11-12(15)2/h9-11,13H,4-8H2,1-3H3. The van der Waals surface area contributed by atoms with Crippen molar-refractivity contribution in [3.05, 3.63) is 35.1 Å². The van der Waals surface area contributed by atoms with Gasteiger partial charge in [-0.15, -0.1) is 0 Å². The number of aryl methyl sites for hydroxylation is 1. The maximum absolute atomic E-state index is 13.0. The second kappa shape index (κ2) is 7.93. The highest BCUT2D eigenvalue weighted by atomic mass is 19.1. The van der Waals surface area contributed by atoms with E-state index in [1.54, 1.807) is 6.92 Å². The van der Waals surface area contributed by atoms with Gasteiger partial charge in [0.15, 0.2) is 0 Å². The van der Waals surface area contributed by atoms with Crippen LogP contribution in [0.5, 0.6) is 0 Å². The van der Waals surface area contributed by atoms with Gasteiger partial charge in [0.25, 0.3) is 0 Å². The Morgan fingerprint density at radius 1 is 1.32 bits per heavy atom. The molecule has 0 aliphatic rings. The van der Waals surface area contributed by atoms with E-state index in [2.05, 4.69) is 6.92 Å². The second-order valence-corrected chi connectivity index (χ2v) is 5.02. The number of carbonyl (C=O) groups is 1. The number of ether oxygens (including phenoxy) is 1. The second-order valence-electron chi connectivity index (χ2n) is 5.02. The molecule has 1 aromatic carbocycles. The molecule has 0 N–H and O–H groups in total. The highest BCUT2D eigenvalue weighted by molar-refractivity contribution is 5.91. The zero-order valence-corrected chi connectivity index (χ0v) is 12.0. The van der Waals surface area contributed by atoms with Crippen LogP contribution in [0.15, 0.2) is 18.2 Å². The molecule has 1 atom stereocenters. The number of benzene rings is 1. The van der Waals surface area contributed by atoms with Crippen molar-refractivity contribution in [3.8, 4) is 0 Å². The Labute approximate surface area is 115 Å². The Bertz CT molecular complexity index is 415. The molecule has 0 spiro atoms. The summed E-state index contributed by atoms with van der Waals surface area (Å²) in [6.45, 7) is 5.79. The predicted octanol–water partition coefficient (Wildman–Crippen LogP) is 4.65. The van der Waals surface area contributed by atoms with E-state index in [1.807, 2.05) is 6.92 Å². The fourth-order valence-electron chi connectivity index (χ4n) is 2.02. The van der Waals surface area contributed by atoms with Gasteiger partial charge >= 0.3 is 5.97 Å². The first kappa shape index (κ1) is 15.7. The lowest BCUT2D eigenvalue weighted by molar-refractivity contribution is 0.0318. The molecule has 1 unspecified atom stereocenters. The highest BCUT2D eigenvalue weighted by Gasteiger charge is 2.14. The van der Waals surface area contributed by atoms with Gasteiger partial charge in [-0.05, 0) is 50.5 Å². The molecule has 0 aromatic heterocycles. The molecule has 0 amide bonds. The van der Waals surface area contributed by atoms with Gasteiger partial charge in [-0.3, -0.25) is 0 Å². The zero-order valence-electron chi connectivity index (χ0n) is 12.0. The minimum atomic E-state index is -0.361. The van der Waals surface area contributed by atoms with Gasteiger partial charge in [-0.25, -0.2) is 9.18 Å². The molecule has 2 nitrogen and oxygen atoms in total. The molecule has 0 fully saturated rings. The summed E-state index contributed by atoms with van der Waals surface area (Å²) in [7, 11) is 0. The van der Waals surface area contributed by atoms with E-state index >= 15 is 0 Å². The Hall–Kier alpha value is -1.38. The predicted molar refractivity (Wildman–Crippen MR) is 74.8 cm³/mol. The van der Waals surface area contributed by atoms with Crippen molar-refractivity contribution in [1.29, 1.82) is 0 Å². The Balaban J connectivity index is 2.45. The molecule has 0 aliphatic heterocycles. The Morgan fingerprint density at radius 3 is 2.68 bits per heavy atom. The SMILES string of the molecule is CCCCCCC(C)OC(=O)c1ccc(F)cc1C. The topological polar surface area (TPSA) is 26.3 Å². The van der Waals surface area contributed by atoms with E-state index in [0.717, 1.165) is 12.8 Å². The van der Waals surface area contributed by atoms with Crippen LogP contribution in [0.4, 0.5) is 4.39 Å². The van der Waals surface area contributed by atoms with Crippen molar-refractivity contribution < 1.29 is 13.9 Å². The van der Waals surface area contributed by atoms with Crippen molar-refractivity contribution in [2.24, 2.45) is 0 Å². The molecule has 1 aromatic rings. The summed E-state index contributed by atoms with van der Waals surface area (Å²) in [5.41, 5.74) is 1.06. The minimum absolute atomic E-state index is 0.0891. The van der Waals surface area contributed by atoms with Gasteiger partial charge in [-0.1, -0.05) is 26.2 Å². The fourth-order valence-corrected chi connectivity index (χ4v) is 2.02. The van der Waals surface area contributed by atoms with Gasteiger partial charge in [-0.2, -0.15) is 0 Å². The van der Waals surface area contributed by atoms with Crippen LogP contribution in [0.3, 0.4) is 0 Å². The molecule has 3 heteroatoms. The first-order valence-electron chi connectivity index (χ1n) is 7.01. The van der Waals surface area contributed by atoms with Gasteiger partial charge < -0.3 is 4.74 Å². The van der Waals surface area contributed by atoms with Crippen LogP contribution in [-0.2, 0) is 4.74 Å². The van der Waals surface area contributed by atoms with Crippen LogP contribution in [0.25, 0.3) is 0 Å².